The molecule has 3 heterocycles. The predicted octanol–water partition coefficient (Wildman–Crippen LogP) is 3.21. The zero-order chi connectivity index (χ0) is 20.1. The summed E-state index contributed by atoms with van der Waals surface area (Å²) in [4.78, 5) is 25.0. The van der Waals surface area contributed by atoms with Crippen LogP contribution in [0, 0.1) is 6.92 Å². The number of hydrogen-bond donors (Lipinski definition) is 1. The van der Waals surface area contributed by atoms with Crippen molar-refractivity contribution in [3.8, 4) is 11.3 Å². The van der Waals surface area contributed by atoms with E-state index >= 15 is 0 Å². The number of thiazole rings is 1. The van der Waals surface area contributed by atoms with Gasteiger partial charge in [-0.2, -0.15) is 0 Å². The molecule has 0 atom stereocenters. The average molecular weight is 409 g/mol. The fourth-order valence-electron chi connectivity index (χ4n) is 3.18. The van der Waals surface area contributed by atoms with E-state index in [4.69, 9.17) is 9.72 Å². The van der Waals surface area contributed by atoms with Crippen LogP contribution in [0.1, 0.15) is 16.1 Å². The van der Waals surface area contributed by atoms with Crippen molar-refractivity contribution < 1.29 is 9.53 Å². The van der Waals surface area contributed by atoms with E-state index in [0.29, 0.717) is 26.2 Å². The minimum absolute atomic E-state index is 0.0140. The van der Waals surface area contributed by atoms with Gasteiger partial charge in [0.2, 0.25) is 5.91 Å². The van der Waals surface area contributed by atoms with Gasteiger partial charge in [-0.1, -0.05) is 36.4 Å². The molecule has 4 rings (SSSR count). The second-order valence-electron chi connectivity index (χ2n) is 7.00. The largest absolute Gasteiger partial charge is 0.378 e. The van der Waals surface area contributed by atoms with Gasteiger partial charge in [-0.15, -0.1) is 11.3 Å². The summed E-state index contributed by atoms with van der Waals surface area (Å²) in [6.07, 6.45) is 2.11. The maximum Gasteiger partial charge on any atom is 0.225 e. The Hall–Kier alpha value is -2.77. The molecule has 1 N–H and O–H groups in total. The molecule has 0 radical (unpaired) electrons. The fraction of sp³-hybridized carbons (Fsp3) is 0.318. The number of ether oxygens (including phenoxy) is 1. The van der Waals surface area contributed by atoms with E-state index in [1.165, 1.54) is 0 Å². The number of morpholine rings is 1. The number of aromatic nitrogens is 2. The van der Waals surface area contributed by atoms with Gasteiger partial charge in [-0.25, -0.2) is 4.98 Å². The molecule has 0 spiro atoms. The summed E-state index contributed by atoms with van der Waals surface area (Å²) in [6, 6.07) is 14.0. The molecule has 7 heteroatoms. The Morgan fingerprint density at radius 3 is 2.69 bits per heavy atom. The van der Waals surface area contributed by atoms with E-state index in [0.717, 1.165) is 45.6 Å². The Bertz CT molecular complexity index is 951. The molecule has 1 aliphatic rings. The van der Waals surface area contributed by atoms with Crippen LogP contribution in [0.15, 0.2) is 48.7 Å². The van der Waals surface area contributed by atoms with Gasteiger partial charge in [-0.05, 0) is 18.6 Å². The zero-order valence-corrected chi connectivity index (χ0v) is 17.2. The Morgan fingerprint density at radius 1 is 1.17 bits per heavy atom. The normalized spacial score (nSPS) is 14.0. The lowest BCUT2D eigenvalue weighted by Gasteiger charge is -2.26. The second-order valence-corrected chi connectivity index (χ2v) is 8.06. The number of nitrogens with one attached hydrogen (secondary N) is 1. The second kappa shape index (κ2) is 9.15. The fourth-order valence-corrected chi connectivity index (χ4v) is 4.32. The molecular formula is C22H24N4O2S. The van der Waals surface area contributed by atoms with Gasteiger partial charge < -0.3 is 15.0 Å². The molecule has 1 aromatic carbocycles. The molecule has 1 fully saturated rings. The summed E-state index contributed by atoms with van der Waals surface area (Å²) in [7, 11) is 0. The molecule has 1 saturated heterocycles. The van der Waals surface area contributed by atoms with Gasteiger partial charge in [0.15, 0.2) is 5.13 Å². The lowest BCUT2D eigenvalue weighted by atomic mass is 10.1. The van der Waals surface area contributed by atoms with Crippen molar-refractivity contribution in [1.29, 1.82) is 0 Å². The first-order valence-corrected chi connectivity index (χ1v) is 10.6. The quantitative estimate of drug-likeness (QED) is 0.678. The molecule has 1 aliphatic heterocycles. The topological polar surface area (TPSA) is 67.4 Å². The third-order valence-electron chi connectivity index (χ3n) is 4.80. The first-order chi connectivity index (χ1) is 14.2. The lowest BCUT2D eigenvalue weighted by molar-refractivity contribution is -0.120. The number of rotatable bonds is 6. The Kier molecular flexibility index (Phi) is 6.17. The average Bonchev–Trinajstić information content (AvgIpc) is 3.18. The van der Waals surface area contributed by atoms with Crippen LogP contribution in [-0.2, 0) is 22.5 Å². The van der Waals surface area contributed by atoms with Crippen molar-refractivity contribution >= 4 is 22.4 Å². The highest BCUT2D eigenvalue weighted by atomic mass is 32.1. The maximum atomic E-state index is 12.6. The summed E-state index contributed by atoms with van der Waals surface area (Å²) >= 11 is 1.60. The standard InChI is InChI=1S/C22H24N4O2S/c1-16-7-8-17(14-23-16)15-24-20(27)13-19-21(18-5-3-2-4-6-18)25-22(29-19)26-9-11-28-12-10-26/h2-8,14H,9-13,15H2,1H3,(H,24,27). The van der Waals surface area contributed by atoms with Crippen molar-refractivity contribution in [2.75, 3.05) is 31.2 Å². The van der Waals surface area contributed by atoms with Gasteiger partial charge in [-0.3, -0.25) is 9.78 Å². The predicted molar refractivity (Wildman–Crippen MR) is 115 cm³/mol. The van der Waals surface area contributed by atoms with Gasteiger partial charge in [0.05, 0.1) is 25.3 Å². The number of nitrogens with zero attached hydrogens (tertiary/aromatic N) is 3. The third kappa shape index (κ3) is 4.99. The van der Waals surface area contributed by atoms with Crippen LogP contribution in [0.4, 0.5) is 5.13 Å². The first kappa shape index (κ1) is 19.5. The number of hydrogen-bond acceptors (Lipinski definition) is 6. The number of anilines is 1. The van der Waals surface area contributed by atoms with E-state index in [1.807, 2.05) is 49.4 Å². The van der Waals surface area contributed by atoms with Crippen molar-refractivity contribution in [2.45, 2.75) is 19.9 Å². The van der Waals surface area contributed by atoms with Gasteiger partial charge in [0.1, 0.15) is 0 Å². The summed E-state index contributed by atoms with van der Waals surface area (Å²) in [6.45, 7) is 5.49. The molecule has 0 unspecified atom stereocenters. The highest BCUT2D eigenvalue weighted by molar-refractivity contribution is 7.16. The summed E-state index contributed by atoms with van der Waals surface area (Å²) in [5, 5.41) is 3.96. The molecular weight excluding hydrogens is 384 g/mol. The number of benzene rings is 1. The molecule has 0 saturated carbocycles. The van der Waals surface area contributed by atoms with Gasteiger partial charge in [0.25, 0.3) is 0 Å². The highest BCUT2D eigenvalue weighted by Crippen LogP contribution is 2.33. The van der Waals surface area contributed by atoms with Crippen LogP contribution in [0.2, 0.25) is 0 Å². The molecule has 1 amide bonds. The summed E-state index contributed by atoms with van der Waals surface area (Å²) in [5.41, 5.74) is 3.89. The number of pyridine rings is 1. The smallest absolute Gasteiger partial charge is 0.225 e. The van der Waals surface area contributed by atoms with E-state index in [9.17, 15) is 4.79 Å². The van der Waals surface area contributed by atoms with Crippen LogP contribution in [0.25, 0.3) is 11.3 Å². The van der Waals surface area contributed by atoms with Crippen LogP contribution in [-0.4, -0.2) is 42.2 Å². The monoisotopic (exact) mass is 408 g/mol. The number of carbonyl (C=O) groups excluding carboxylic acids is 1. The van der Waals surface area contributed by atoms with Crippen LogP contribution in [0.5, 0.6) is 0 Å². The first-order valence-electron chi connectivity index (χ1n) is 9.75. The molecule has 29 heavy (non-hydrogen) atoms. The number of amides is 1. The van der Waals surface area contributed by atoms with E-state index in [-0.39, 0.29) is 5.91 Å². The molecule has 0 bridgehead atoms. The highest BCUT2D eigenvalue weighted by Gasteiger charge is 2.21. The molecule has 2 aromatic heterocycles. The molecule has 3 aromatic rings. The number of carbonyl (C=O) groups is 1. The van der Waals surface area contributed by atoms with Crippen LogP contribution in [0.3, 0.4) is 0 Å². The van der Waals surface area contributed by atoms with Crippen molar-refractivity contribution in [3.63, 3.8) is 0 Å². The van der Waals surface area contributed by atoms with E-state index < -0.39 is 0 Å². The van der Waals surface area contributed by atoms with E-state index in [2.05, 4.69) is 15.2 Å². The Labute approximate surface area is 174 Å². The molecule has 6 nitrogen and oxygen atoms in total. The number of aryl methyl sites for hydroxylation is 1. The Balaban J connectivity index is 1.50. The van der Waals surface area contributed by atoms with Crippen LogP contribution >= 0.6 is 11.3 Å². The minimum Gasteiger partial charge on any atom is -0.378 e. The van der Waals surface area contributed by atoms with Crippen molar-refractivity contribution in [1.82, 2.24) is 15.3 Å². The summed E-state index contributed by atoms with van der Waals surface area (Å²) < 4.78 is 5.45. The van der Waals surface area contributed by atoms with Crippen molar-refractivity contribution in [3.05, 3.63) is 64.8 Å². The van der Waals surface area contributed by atoms with Gasteiger partial charge in [0, 0.05) is 42.0 Å². The zero-order valence-electron chi connectivity index (χ0n) is 16.4. The SMILES string of the molecule is Cc1ccc(CNC(=O)Cc2sc(N3CCOCC3)nc2-c2ccccc2)cn1. The van der Waals surface area contributed by atoms with E-state index in [1.54, 1.807) is 17.5 Å². The molecule has 0 aliphatic carbocycles. The van der Waals surface area contributed by atoms with Crippen LogP contribution < -0.4 is 10.2 Å². The van der Waals surface area contributed by atoms with Gasteiger partial charge >= 0.3 is 0 Å². The molecule has 150 valence electrons. The minimum atomic E-state index is -0.0140. The maximum absolute atomic E-state index is 12.6. The van der Waals surface area contributed by atoms with Crippen molar-refractivity contribution in [2.24, 2.45) is 0 Å². The third-order valence-corrected chi connectivity index (χ3v) is 5.91. The lowest BCUT2D eigenvalue weighted by Crippen LogP contribution is -2.36. The summed E-state index contributed by atoms with van der Waals surface area (Å²) in [5.74, 6) is -0.0140. The Morgan fingerprint density at radius 2 is 1.97 bits per heavy atom.